The Bertz CT molecular complexity index is 1190. The van der Waals surface area contributed by atoms with Crippen LogP contribution in [0, 0.1) is 0 Å². The standard InChI is InChI=1S/C22H25N3O4S2/c1-3-25-20-10-9-18(31(27,28)24-11-13-29-14-12-24)15-19(20)23-22(25)30-16(2)21(26)17-7-5-4-6-8-17/h4-10,15-16H,3,11-14H2,1-2H3/t16-/m0/s1. The van der Waals surface area contributed by atoms with Crippen molar-refractivity contribution < 1.29 is 17.9 Å². The number of aromatic nitrogens is 2. The highest BCUT2D eigenvalue weighted by molar-refractivity contribution is 8.00. The third-order valence-electron chi connectivity index (χ3n) is 5.32. The fourth-order valence-electron chi connectivity index (χ4n) is 3.63. The van der Waals surface area contributed by atoms with Crippen LogP contribution in [0.3, 0.4) is 0 Å². The average Bonchev–Trinajstić information content (AvgIpc) is 3.15. The van der Waals surface area contributed by atoms with Crippen LogP contribution in [0.15, 0.2) is 58.6 Å². The molecule has 2 aromatic carbocycles. The number of hydrogen-bond acceptors (Lipinski definition) is 6. The van der Waals surface area contributed by atoms with Crippen LogP contribution in [0.1, 0.15) is 24.2 Å². The van der Waals surface area contributed by atoms with E-state index in [0.29, 0.717) is 49.1 Å². The first-order valence-electron chi connectivity index (χ1n) is 10.3. The third kappa shape index (κ3) is 4.41. The Labute approximate surface area is 186 Å². The van der Waals surface area contributed by atoms with Gasteiger partial charge in [0.25, 0.3) is 0 Å². The minimum atomic E-state index is -3.59. The predicted octanol–water partition coefficient (Wildman–Crippen LogP) is 3.44. The lowest BCUT2D eigenvalue weighted by molar-refractivity contribution is 0.0730. The van der Waals surface area contributed by atoms with Gasteiger partial charge in [-0.15, -0.1) is 0 Å². The summed E-state index contributed by atoms with van der Waals surface area (Å²) in [4.78, 5) is 17.7. The Balaban J connectivity index is 1.63. The minimum absolute atomic E-state index is 0.0379. The number of aryl methyl sites for hydroxylation is 1. The highest BCUT2D eigenvalue weighted by Gasteiger charge is 2.27. The molecule has 1 aliphatic heterocycles. The van der Waals surface area contributed by atoms with Gasteiger partial charge >= 0.3 is 0 Å². The van der Waals surface area contributed by atoms with Crippen molar-refractivity contribution in [2.24, 2.45) is 0 Å². The molecular formula is C22H25N3O4S2. The molecule has 0 aliphatic carbocycles. The fourth-order valence-corrected chi connectivity index (χ4v) is 6.12. The van der Waals surface area contributed by atoms with Crippen LogP contribution in [0.5, 0.6) is 0 Å². The van der Waals surface area contributed by atoms with E-state index in [1.807, 2.05) is 48.7 Å². The number of morpholine rings is 1. The van der Waals surface area contributed by atoms with E-state index in [9.17, 15) is 13.2 Å². The summed E-state index contributed by atoms with van der Waals surface area (Å²) >= 11 is 1.39. The fraction of sp³-hybridized carbons (Fsp3) is 0.364. The zero-order valence-electron chi connectivity index (χ0n) is 17.5. The number of carbonyl (C=O) groups excluding carboxylic acids is 1. The zero-order valence-corrected chi connectivity index (χ0v) is 19.2. The number of ether oxygens (including phenoxy) is 1. The van der Waals surface area contributed by atoms with Crippen LogP contribution in [-0.2, 0) is 21.3 Å². The van der Waals surface area contributed by atoms with E-state index in [1.54, 1.807) is 18.2 Å². The van der Waals surface area contributed by atoms with Crippen LogP contribution in [0.25, 0.3) is 11.0 Å². The van der Waals surface area contributed by atoms with E-state index in [-0.39, 0.29) is 15.9 Å². The Morgan fingerprint density at radius 2 is 1.87 bits per heavy atom. The summed E-state index contributed by atoms with van der Waals surface area (Å²) in [7, 11) is -3.59. The highest BCUT2D eigenvalue weighted by Crippen LogP contribution is 2.30. The van der Waals surface area contributed by atoms with E-state index >= 15 is 0 Å². The molecule has 0 spiro atoms. The van der Waals surface area contributed by atoms with Gasteiger partial charge in [0.15, 0.2) is 10.9 Å². The third-order valence-corrected chi connectivity index (χ3v) is 8.30. The van der Waals surface area contributed by atoms with Crippen LogP contribution < -0.4 is 0 Å². The topological polar surface area (TPSA) is 81.5 Å². The Morgan fingerprint density at radius 3 is 2.55 bits per heavy atom. The average molecular weight is 460 g/mol. The molecule has 7 nitrogen and oxygen atoms in total. The van der Waals surface area contributed by atoms with Crippen molar-refractivity contribution in [3.8, 4) is 0 Å². The van der Waals surface area contributed by atoms with Crippen molar-refractivity contribution in [3.05, 3.63) is 54.1 Å². The predicted molar refractivity (Wildman–Crippen MR) is 121 cm³/mol. The van der Waals surface area contributed by atoms with Crippen molar-refractivity contribution in [3.63, 3.8) is 0 Å². The van der Waals surface area contributed by atoms with Crippen molar-refractivity contribution >= 4 is 38.6 Å². The van der Waals surface area contributed by atoms with E-state index in [0.717, 1.165) is 5.52 Å². The first-order chi connectivity index (χ1) is 14.9. The molecule has 1 atom stereocenters. The van der Waals surface area contributed by atoms with Gasteiger partial charge in [-0.3, -0.25) is 4.79 Å². The molecule has 2 heterocycles. The number of hydrogen-bond donors (Lipinski definition) is 0. The second-order valence-electron chi connectivity index (χ2n) is 7.30. The largest absolute Gasteiger partial charge is 0.379 e. The molecule has 0 unspecified atom stereocenters. The number of thioether (sulfide) groups is 1. The molecule has 0 radical (unpaired) electrons. The summed E-state index contributed by atoms with van der Waals surface area (Å²) in [5.74, 6) is 0.0379. The lowest BCUT2D eigenvalue weighted by atomic mass is 10.1. The molecule has 1 aliphatic rings. The molecule has 0 bridgehead atoms. The summed E-state index contributed by atoms with van der Waals surface area (Å²) < 4.78 is 34.7. The number of ketones is 1. The van der Waals surface area contributed by atoms with Crippen molar-refractivity contribution in [1.82, 2.24) is 13.9 Å². The number of Topliss-reactive ketones (excluding diaryl/α,β-unsaturated/α-hetero) is 1. The van der Waals surface area contributed by atoms with Crippen LogP contribution in [0.4, 0.5) is 0 Å². The summed E-state index contributed by atoms with van der Waals surface area (Å²) in [6, 6.07) is 14.3. The Morgan fingerprint density at radius 1 is 1.16 bits per heavy atom. The molecular weight excluding hydrogens is 434 g/mol. The molecule has 0 N–H and O–H groups in total. The molecule has 9 heteroatoms. The van der Waals surface area contributed by atoms with Gasteiger partial charge in [0, 0.05) is 25.2 Å². The van der Waals surface area contributed by atoms with Crippen molar-refractivity contribution in [1.29, 1.82) is 0 Å². The summed E-state index contributed by atoms with van der Waals surface area (Å²) in [6.45, 7) is 6.05. The maximum Gasteiger partial charge on any atom is 0.243 e. The van der Waals surface area contributed by atoms with Gasteiger partial charge in [0.2, 0.25) is 10.0 Å². The van der Waals surface area contributed by atoms with Gasteiger partial charge < -0.3 is 9.30 Å². The quantitative estimate of drug-likeness (QED) is 0.398. The van der Waals surface area contributed by atoms with Crippen LogP contribution >= 0.6 is 11.8 Å². The summed E-state index contributed by atoms with van der Waals surface area (Å²) in [6.07, 6.45) is 0. The number of imidazole rings is 1. The molecule has 0 saturated carbocycles. The molecule has 4 rings (SSSR count). The zero-order chi connectivity index (χ0) is 22.0. The lowest BCUT2D eigenvalue weighted by Crippen LogP contribution is -2.40. The maximum atomic E-state index is 13.0. The number of sulfonamides is 1. The van der Waals surface area contributed by atoms with Gasteiger partial charge in [0.05, 0.1) is 34.4 Å². The SMILES string of the molecule is CCn1c(S[C@@H](C)C(=O)c2ccccc2)nc2cc(S(=O)(=O)N3CCOCC3)ccc21. The van der Waals surface area contributed by atoms with E-state index in [2.05, 4.69) is 4.98 Å². The van der Waals surface area contributed by atoms with Gasteiger partial charge in [-0.05, 0) is 32.0 Å². The first-order valence-corrected chi connectivity index (χ1v) is 12.6. The Hall–Kier alpha value is -2.20. The lowest BCUT2D eigenvalue weighted by Gasteiger charge is -2.26. The van der Waals surface area contributed by atoms with Gasteiger partial charge in [0.1, 0.15) is 0 Å². The summed E-state index contributed by atoms with van der Waals surface area (Å²) in [5.41, 5.74) is 2.13. The van der Waals surface area contributed by atoms with Crippen molar-refractivity contribution in [2.75, 3.05) is 26.3 Å². The molecule has 1 aromatic heterocycles. The minimum Gasteiger partial charge on any atom is -0.379 e. The van der Waals surface area contributed by atoms with Gasteiger partial charge in [-0.25, -0.2) is 13.4 Å². The number of nitrogens with zero attached hydrogens (tertiary/aromatic N) is 3. The molecule has 0 amide bonds. The van der Waals surface area contributed by atoms with E-state index < -0.39 is 10.0 Å². The molecule has 3 aromatic rings. The van der Waals surface area contributed by atoms with Gasteiger partial charge in [-0.2, -0.15) is 4.31 Å². The molecule has 164 valence electrons. The molecule has 1 fully saturated rings. The van der Waals surface area contributed by atoms with Crippen LogP contribution in [0.2, 0.25) is 0 Å². The van der Waals surface area contributed by atoms with Gasteiger partial charge in [-0.1, -0.05) is 42.1 Å². The van der Waals surface area contributed by atoms with Crippen LogP contribution in [-0.4, -0.2) is 59.6 Å². The number of fused-ring (bicyclic) bond motifs is 1. The van der Waals surface area contributed by atoms with E-state index in [4.69, 9.17) is 4.74 Å². The second kappa shape index (κ2) is 9.12. The summed E-state index contributed by atoms with van der Waals surface area (Å²) in [5, 5.41) is 0.385. The number of rotatable bonds is 7. The second-order valence-corrected chi connectivity index (χ2v) is 10.5. The molecule has 31 heavy (non-hydrogen) atoms. The monoisotopic (exact) mass is 459 g/mol. The normalized spacial score (nSPS) is 16.5. The maximum absolute atomic E-state index is 13.0. The molecule has 1 saturated heterocycles. The van der Waals surface area contributed by atoms with Crippen molar-refractivity contribution in [2.45, 2.75) is 35.7 Å². The smallest absolute Gasteiger partial charge is 0.243 e. The first kappa shape index (κ1) is 22.0. The highest BCUT2D eigenvalue weighted by atomic mass is 32.2. The number of carbonyl (C=O) groups is 1. The number of benzene rings is 2. The Kier molecular flexibility index (Phi) is 6.47. The van der Waals surface area contributed by atoms with E-state index in [1.165, 1.54) is 16.1 Å².